The fraction of sp³-hybridized carbons (Fsp3) is 0.533. The molecule has 6 heteroatoms. The van der Waals surface area contributed by atoms with Crippen LogP contribution in [0.2, 0.25) is 0 Å². The van der Waals surface area contributed by atoms with E-state index in [1.54, 1.807) is 19.0 Å². The first kappa shape index (κ1) is 13.9. The second kappa shape index (κ2) is 5.35. The molecule has 0 spiro atoms. The molecule has 1 aliphatic rings. The van der Waals surface area contributed by atoms with Gasteiger partial charge in [-0.05, 0) is 41.7 Å². The summed E-state index contributed by atoms with van der Waals surface area (Å²) in [5.41, 5.74) is 1.20. The van der Waals surface area contributed by atoms with Gasteiger partial charge >= 0.3 is 0 Å². The molecule has 2 aromatic rings. The van der Waals surface area contributed by atoms with Gasteiger partial charge in [-0.25, -0.2) is 0 Å². The lowest BCUT2D eigenvalue weighted by Crippen LogP contribution is -2.31. The van der Waals surface area contributed by atoms with Crippen LogP contribution in [0.1, 0.15) is 26.2 Å². The summed E-state index contributed by atoms with van der Waals surface area (Å²) < 4.78 is 10.5. The molecule has 0 unspecified atom stereocenters. The number of aromatic nitrogens is 4. The van der Waals surface area contributed by atoms with Gasteiger partial charge in [0.25, 0.3) is 0 Å². The van der Waals surface area contributed by atoms with Crippen LogP contribution in [0, 0.1) is 5.41 Å². The Labute approximate surface area is 124 Å². The molecule has 6 nitrogen and oxygen atoms in total. The van der Waals surface area contributed by atoms with Gasteiger partial charge in [-0.1, -0.05) is 13.3 Å². The molecule has 0 aliphatic heterocycles. The Hall–Kier alpha value is -2.11. The van der Waals surface area contributed by atoms with Crippen molar-refractivity contribution in [2.45, 2.75) is 32.7 Å². The summed E-state index contributed by atoms with van der Waals surface area (Å²) in [7, 11) is 3.23. The molecule has 3 rings (SSSR count). The lowest BCUT2D eigenvalue weighted by atomic mass is 9.70. The van der Waals surface area contributed by atoms with E-state index in [0.29, 0.717) is 22.7 Å². The number of nitrogens with zero attached hydrogens (tertiary/aromatic N) is 4. The molecule has 1 aliphatic carbocycles. The topological polar surface area (TPSA) is 62.1 Å². The average molecular weight is 288 g/mol. The molecule has 0 radical (unpaired) electrons. The quantitative estimate of drug-likeness (QED) is 0.846. The fourth-order valence-corrected chi connectivity index (χ4v) is 2.68. The van der Waals surface area contributed by atoms with Crippen molar-refractivity contribution in [3.05, 3.63) is 18.2 Å². The third-order valence-corrected chi connectivity index (χ3v) is 4.18. The Morgan fingerprint density at radius 1 is 1.19 bits per heavy atom. The predicted octanol–water partition coefficient (Wildman–Crippen LogP) is 2.55. The number of benzene rings is 1. The number of methoxy groups -OCH3 is 2. The highest BCUT2D eigenvalue weighted by Gasteiger charge is 2.33. The normalized spacial score (nSPS) is 16.3. The molecule has 21 heavy (non-hydrogen) atoms. The molecule has 1 aromatic heterocycles. The van der Waals surface area contributed by atoms with Crippen molar-refractivity contribution < 1.29 is 9.47 Å². The molecule has 0 N–H and O–H groups in total. The fourth-order valence-electron chi connectivity index (χ4n) is 2.68. The minimum absolute atomic E-state index is 0.329. The maximum Gasteiger partial charge on any atom is 0.205 e. The lowest BCUT2D eigenvalue weighted by Gasteiger charge is -2.37. The largest absolute Gasteiger partial charge is 0.493 e. The number of hydrogen-bond acceptors (Lipinski definition) is 5. The van der Waals surface area contributed by atoms with Crippen LogP contribution in [0.4, 0.5) is 0 Å². The molecule has 1 saturated carbocycles. The van der Waals surface area contributed by atoms with Crippen molar-refractivity contribution >= 4 is 0 Å². The maximum absolute atomic E-state index is 5.30. The van der Waals surface area contributed by atoms with E-state index in [4.69, 9.17) is 9.47 Å². The summed E-state index contributed by atoms with van der Waals surface area (Å²) in [5, 5.41) is 12.8. The van der Waals surface area contributed by atoms with Crippen molar-refractivity contribution in [3.63, 3.8) is 0 Å². The van der Waals surface area contributed by atoms with E-state index in [2.05, 4.69) is 22.3 Å². The van der Waals surface area contributed by atoms with Gasteiger partial charge in [-0.15, -0.1) is 10.2 Å². The highest BCUT2D eigenvalue weighted by molar-refractivity contribution is 5.60. The summed E-state index contributed by atoms with van der Waals surface area (Å²) in [6.07, 6.45) is 3.77. The Morgan fingerprint density at radius 2 is 1.95 bits per heavy atom. The monoisotopic (exact) mass is 288 g/mol. The standard InChI is InChI=1S/C15H20N4O2/c1-15(7-4-8-15)10-19-17-14(16-18-19)11-5-6-12(20-2)13(9-11)21-3/h5-6,9H,4,7-8,10H2,1-3H3. The van der Waals surface area contributed by atoms with Crippen LogP contribution in [-0.4, -0.2) is 34.4 Å². The summed E-state index contributed by atoms with van der Waals surface area (Å²) in [5.74, 6) is 1.96. The Kier molecular flexibility index (Phi) is 3.53. The van der Waals surface area contributed by atoms with Gasteiger partial charge in [0.1, 0.15) is 0 Å². The SMILES string of the molecule is COc1ccc(-c2nnn(CC3(C)CCC3)n2)cc1OC. The molecule has 0 amide bonds. The van der Waals surface area contributed by atoms with Gasteiger partial charge in [0.15, 0.2) is 11.5 Å². The van der Waals surface area contributed by atoms with Crippen LogP contribution in [-0.2, 0) is 6.54 Å². The van der Waals surface area contributed by atoms with Crippen molar-refractivity contribution in [2.75, 3.05) is 14.2 Å². The van der Waals surface area contributed by atoms with E-state index < -0.39 is 0 Å². The van der Waals surface area contributed by atoms with Gasteiger partial charge in [-0.3, -0.25) is 0 Å². The molecule has 0 atom stereocenters. The zero-order chi connectivity index (χ0) is 14.9. The maximum atomic E-state index is 5.30. The van der Waals surface area contributed by atoms with Crippen LogP contribution in [0.5, 0.6) is 11.5 Å². The highest BCUT2D eigenvalue weighted by Crippen LogP contribution is 2.41. The molecular weight excluding hydrogens is 268 g/mol. The van der Waals surface area contributed by atoms with Crippen molar-refractivity contribution in [2.24, 2.45) is 5.41 Å². The smallest absolute Gasteiger partial charge is 0.205 e. The van der Waals surface area contributed by atoms with Gasteiger partial charge in [0.05, 0.1) is 20.8 Å². The third-order valence-electron chi connectivity index (χ3n) is 4.18. The second-order valence-electron chi connectivity index (χ2n) is 5.88. The number of hydrogen-bond donors (Lipinski definition) is 0. The van der Waals surface area contributed by atoms with Gasteiger partial charge in [0.2, 0.25) is 5.82 Å². The summed E-state index contributed by atoms with van der Waals surface area (Å²) in [4.78, 5) is 1.70. The summed E-state index contributed by atoms with van der Waals surface area (Å²) >= 11 is 0. The number of ether oxygens (including phenoxy) is 2. The first-order chi connectivity index (χ1) is 10.1. The molecule has 0 saturated heterocycles. The summed E-state index contributed by atoms with van der Waals surface area (Å²) in [6, 6.07) is 5.63. The van der Waals surface area contributed by atoms with Crippen LogP contribution in [0.3, 0.4) is 0 Å². The van der Waals surface area contributed by atoms with Crippen LogP contribution in [0.15, 0.2) is 18.2 Å². The molecule has 1 fully saturated rings. The third kappa shape index (κ3) is 2.70. The lowest BCUT2D eigenvalue weighted by molar-refractivity contribution is 0.117. The van der Waals surface area contributed by atoms with Crippen molar-refractivity contribution in [1.82, 2.24) is 20.2 Å². The number of tetrazole rings is 1. The Morgan fingerprint density at radius 3 is 2.57 bits per heavy atom. The Balaban J connectivity index is 1.82. The molecule has 0 bridgehead atoms. The molecule has 1 aromatic carbocycles. The zero-order valence-electron chi connectivity index (χ0n) is 12.7. The second-order valence-corrected chi connectivity index (χ2v) is 5.88. The van der Waals surface area contributed by atoms with Gasteiger partial charge < -0.3 is 9.47 Å². The molecular formula is C15H20N4O2. The van der Waals surface area contributed by atoms with Gasteiger partial charge in [-0.2, -0.15) is 4.80 Å². The first-order valence-corrected chi connectivity index (χ1v) is 7.14. The molecule has 1 heterocycles. The van der Waals surface area contributed by atoms with E-state index in [9.17, 15) is 0 Å². The van der Waals surface area contributed by atoms with Crippen molar-refractivity contribution in [3.8, 4) is 22.9 Å². The Bertz CT molecular complexity index is 634. The van der Waals surface area contributed by atoms with Crippen LogP contribution in [0.25, 0.3) is 11.4 Å². The zero-order valence-corrected chi connectivity index (χ0v) is 12.7. The number of rotatable bonds is 5. The van der Waals surface area contributed by atoms with E-state index in [1.165, 1.54) is 19.3 Å². The minimum atomic E-state index is 0.329. The summed E-state index contributed by atoms with van der Waals surface area (Å²) in [6.45, 7) is 3.10. The van der Waals surface area contributed by atoms with Crippen LogP contribution < -0.4 is 9.47 Å². The van der Waals surface area contributed by atoms with E-state index >= 15 is 0 Å². The van der Waals surface area contributed by atoms with Gasteiger partial charge in [0, 0.05) is 5.56 Å². The van der Waals surface area contributed by atoms with E-state index in [0.717, 1.165) is 12.1 Å². The van der Waals surface area contributed by atoms with Crippen molar-refractivity contribution in [1.29, 1.82) is 0 Å². The van der Waals surface area contributed by atoms with E-state index in [1.807, 2.05) is 18.2 Å². The van der Waals surface area contributed by atoms with E-state index in [-0.39, 0.29) is 0 Å². The highest BCUT2D eigenvalue weighted by atomic mass is 16.5. The first-order valence-electron chi connectivity index (χ1n) is 7.14. The molecule has 112 valence electrons. The van der Waals surface area contributed by atoms with Crippen LogP contribution >= 0.6 is 0 Å². The minimum Gasteiger partial charge on any atom is -0.493 e. The predicted molar refractivity (Wildman–Crippen MR) is 78.3 cm³/mol. The average Bonchev–Trinajstić information content (AvgIpc) is 2.93.